The van der Waals surface area contributed by atoms with Crippen molar-refractivity contribution in [3.05, 3.63) is 77.2 Å². The lowest BCUT2D eigenvalue weighted by Gasteiger charge is -2.15. The molecule has 0 aliphatic carbocycles. The van der Waals surface area contributed by atoms with Gasteiger partial charge in [0.25, 0.3) is 5.91 Å². The first-order chi connectivity index (χ1) is 16.1. The number of nitrogens with one attached hydrogen (secondary N) is 2. The van der Waals surface area contributed by atoms with E-state index in [9.17, 15) is 26.6 Å². The molecule has 0 radical (unpaired) electrons. The van der Waals surface area contributed by atoms with Crippen LogP contribution in [0.5, 0.6) is 11.6 Å². The molecule has 32 heavy (non-hydrogen) atoms. The summed E-state index contributed by atoms with van der Waals surface area (Å²) in [6.07, 6.45) is -7.51. The zero-order valence-electron chi connectivity index (χ0n) is 19.3. The van der Waals surface area contributed by atoms with Crippen molar-refractivity contribution in [1.82, 2.24) is 4.98 Å². The number of carbonyl (C=O) groups is 1. The largest absolute Gasteiger partial charge is 0.438 e. The van der Waals surface area contributed by atoms with Gasteiger partial charge in [0.1, 0.15) is 17.1 Å². The van der Waals surface area contributed by atoms with E-state index in [1.54, 1.807) is 0 Å². The smallest absolute Gasteiger partial charge is 0.417 e. The number of pyridine rings is 1. The normalized spacial score (nSPS) is 15.1. The molecule has 0 saturated carbocycles. The van der Waals surface area contributed by atoms with Gasteiger partial charge in [0.05, 0.1) is 15.3 Å². The highest BCUT2D eigenvalue weighted by atomic mass is 32.2. The topological polar surface area (TPSA) is 92.1 Å². The molecule has 1 atom stereocenters. The maximum absolute atomic E-state index is 13.4. The maximum atomic E-state index is 13.4. The first kappa shape index (κ1) is 19.2. The van der Waals surface area contributed by atoms with E-state index < -0.39 is 55.7 Å². The fraction of sp³-hybridized carbons (Fsp3) is 0.143. The molecule has 2 aromatic carbocycles. The molecule has 168 valence electrons. The van der Waals surface area contributed by atoms with Gasteiger partial charge in [-0.05, 0) is 55.0 Å². The van der Waals surface area contributed by atoms with Crippen LogP contribution in [-0.4, -0.2) is 21.3 Å². The second-order valence-corrected chi connectivity index (χ2v) is 8.21. The Balaban J connectivity index is 2.01. The summed E-state index contributed by atoms with van der Waals surface area (Å²) in [4.78, 5) is 16.1. The molecule has 1 heterocycles. The van der Waals surface area contributed by atoms with Crippen molar-refractivity contribution in [2.75, 3.05) is 11.5 Å². The van der Waals surface area contributed by atoms with Crippen LogP contribution in [0.4, 0.5) is 23.2 Å². The van der Waals surface area contributed by atoms with Gasteiger partial charge < -0.3 is 10.1 Å². The zero-order valence-corrected chi connectivity index (χ0v) is 17.1. The predicted molar refractivity (Wildman–Crippen MR) is 110 cm³/mol. The first-order valence-electron chi connectivity index (χ1n) is 10.3. The van der Waals surface area contributed by atoms with Gasteiger partial charge in [-0.1, -0.05) is 6.07 Å². The molecule has 11 heteroatoms. The highest BCUT2D eigenvalue weighted by Crippen LogP contribution is 2.33. The Labute approximate surface area is 185 Å². The lowest BCUT2D eigenvalue weighted by atomic mass is 10.1. The molecule has 2 N–H and O–H groups in total. The molecule has 1 amide bonds. The van der Waals surface area contributed by atoms with Gasteiger partial charge in [-0.25, -0.2) is 18.4 Å². The SMILES string of the molecule is [2H]C([2H])([2H])S(=N)(=O)c1cccc(NC(=O)c2cc(C(F)(F)F)cnc2Oc2ccc(F)cc2C)c1. The molecule has 0 bridgehead atoms. The lowest BCUT2D eigenvalue weighted by Crippen LogP contribution is -2.16. The number of aromatic nitrogens is 1. The minimum atomic E-state index is -4.83. The van der Waals surface area contributed by atoms with Crippen LogP contribution < -0.4 is 10.1 Å². The highest BCUT2D eigenvalue weighted by molar-refractivity contribution is 7.91. The Kier molecular flexibility index (Phi) is 5.16. The third-order valence-electron chi connectivity index (χ3n) is 4.19. The van der Waals surface area contributed by atoms with E-state index in [4.69, 9.17) is 13.6 Å². The van der Waals surface area contributed by atoms with Crippen LogP contribution in [-0.2, 0) is 15.9 Å². The third-order valence-corrected chi connectivity index (χ3v) is 5.11. The Bertz CT molecular complexity index is 1390. The molecule has 0 fully saturated rings. The van der Waals surface area contributed by atoms with E-state index in [0.717, 1.165) is 24.3 Å². The van der Waals surface area contributed by atoms with Crippen molar-refractivity contribution in [3.8, 4) is 11.6 Å². The monoisotopic (exact) mass is 470 g/mol. The summed E-state index contributed by atoms with van der Waals surface area (Å²) in [6, 6.07) is 8.50. The molecule has 1 aromatic heterocycles. The van der Waals surface area contributed by atoms with Crippen LogP contribution >= 0.6 is 0 Å². The number of ether oxygens (including phenoxy) is 1. The quantitative estimate of drug-likeness (QED) is 0.473. The standard InChI is InChI=1S/C21H17F4N3O3S/c1-12-8-14(22)6-7-18(12)31-20-17(9-13(11-27-20)21(23,24)25)19(29)28-15-4-3-5-16(10-15)32(2,26)30/h3-11,26H,1-2H3,(H,28,29)/i2D3. The number of hydrogen-bond donors (Lipinski definition) is 2. The third kappa shape index (κ3) is 5.41. The van der Waals surface area contributed by atoms with Crippen molar-refractivity contribution in [1.29, 1.82) is 4.78 Å². The maximum Gasteiger partial charge on any atom is 0.417 e. The molecule has 3 rings (SSSR count). The summed E-state index contributed by atoms with van der Waals surface area (Å²) in [5.74, 6) is -2.15. The summed E-state index contributed by atoms with van der Waals surface area (Å²) in [5.41, 5.74) is -1.70. The van der Waals surface area contributed by atoms with Gasteiger partial charge in [0.2, 0.25) is 5.88 Å². The van der Waals surface area contributed by atoms with Gasteiger partial charge in [-0.15, -0.1) is 0 Å². The summed E-state index contributed by atoms with van der Waals surface area (Å²) in [7, 11) is -4.25. The summed E-state index contributed by atoms with van der Waals surface area (Å²) < 4.78 is 101. The van der Waals surface area contributed by atoms with Crippen LogP contribution in [0.2, 0.25) is 0 Å². The fourth-order valence-electron chi connectivity index (χ4n) is 2.63. The average molecular weight is 470 g/mol. The van der Waals surface area contributed by atoms with Crippen molar-refractivity contribution < 1.29 is 35.4 Å². The van der Waals surface area contributed by atoms with Crippen molar-refractivity contribution in [2.24, 2.45) is 0 Å². The number of anilines is 1. The number of amides is 1. The van der Waals surface area contributed by atoms with Crippen LogP contribution in [0.1, 0.15) is 25.6 Å². The molecular weight excluding hydrogens is 450 g/mol. The average Bonchev–Trinajstić information content (AvgIpc) is 2.74. The van der Waals surface area contributed by atoms with E-state index in [-0.39, 0.29) is 11.4 Å². The van der Waals surface area contributed by atoms with E-state index in [2.05, 4.69) is 10.3 Å². The summed E-state index contributed by atoms with van der Waals surface area (Å²) in [6.45, 7) is 1.48. The molecule has 3 aromatic rings. The Hall–Kier alpha value is -3.47. The van der Waals surface area contributed by atoms with Crippen molar-refractivity contribution >= 4 is 21.3 Å². The number of hydrogen-bond acceptors (Lipinski definition) is 5. The van der Waals surface area contributed by atoms with E-state index >= 15 is 0 Å². The van der Waals surface area contributed by atoms with E-state index in [1.165, 1.54) is 25.1 Å². The van der Waals surface area contributed by atoms with Crippen LogP contribution in [0.15, 0.2) is 59.6 Å². The van der Waals surface area contributed by atoms with Gasteiger partial charge in [0.15, 0.2) is 0 Å². The molecule has 1 unspecified atom stereocenters. The number of nitrogens with zero attached hydrogens (tertiary/aromatic N) is 1. The number of halogens is 4. The molecule has 0 spiro atoms. The number of rotatable bonds is 5. The van der Waals surface area contributed by atoms with Gasteiger partial charge in [-0.3, -0.25) is 4.79 Å². The van der Waals surface area contributed by atoms with Crippen LogP contribution in [0, 0.1) is 17.5 Å². The Morgan fingerprint density at radius 3 is 2.62 bits per heavy atom. The zero-order chi connectivity index (χ0) is 26.2. The highest BCUT2D eigenvalue weighted by Gasteiger charge is 2.33. The van der Waals surface area contributed by atoms with E-state index in [1.807, 2.05) is 0 Å². The summed E-state index contributed by atoms with van der Waals surface area (Å²) in [5, 5.41) is 2.27. The molecule has 6 nitrogen and oxygen atoms in total. The second kappa shape index (κ2) is 8.58. The second-order valence-electron chi connectivity index (χ2n) is 6.62. The molecule has 0 aliphatic heterocycles. The number of aryl methyl sites for hydroxylation is 1. The van der Waals surface area contributed by atoms with Gasteiger partial charge in [-0.2, -0.15) is 13.2 Å². The minimum absolute atomic E-state index is 0.0429. The molecular formula is C21H17F4N3O3S. The Morgan fingerprint density at radius 1 is 1.22 bits per heavy atom. The fourth-order valence-corrected chi connectivity index (χ4v) is 3.20. The first-order valence-corrected chi connectivity index (χ1v) is 10.4. The minimum Gasteiger partial charge on any atom is -0.438 e. The number of carbonyl (C=O) groups excluding carboxylic acids is 1. The van der Waals surface area contributed by atoms with E-state index in [0.29, 0.717) is 17.8 Å². The van der Waals surface area contributed by atoms with Crippen LogP contribution in [0.25, 0.3) is 0 Å². The van der Waals surface area contributed by atoms with Crippen molar-refractivity contribution in [2.45, 2.75) is 18.0 Å². The number of benzene rings is 2. The number of alkyl halides is 3. The lowest BCUT2D eigenvalue weighted by molar-refractivity contribution is -0.137. The van der Waals surface area contributed by atoms with Crippen LogP contribution in [0.3, 0.4) is 0 Å². The molecule has 0 aliphatic rings. The molecule has 0 saturated heterocycles. The summed E-state index contributed by atoms with van der Waals surface area (Å²) >= 11 is 0. The Morgan fingerprint density at radius 2 is 1.97 bits per heavy atom. The van der Waals surface area contributed by atoms with Gasteiger partial charge >= 0.3 is 6.18 Å². The van der Waals surface area contributed by atoms with Gasteiger partial charge in [0, 0.05) is 27.1 Å². The van der Waals surface area contributed by atoms with Crippen molar-refractivity contribution in [3.63, 3.8) is 0 Å². The predicted octanol–water partition coefficient (Wildman–Crippen LogP) is 5.63.